The maximum atomic E-state index is 11.2. The zero-order valence-electron chi connectivity index (χ0n) is 7.40. The van der Waals surface area contributed by atoms with Gasteiger partial charge >= 0.3 is 0 Å². The van der Waals surface area contributed by atoms with Gasteiger partial charge in [-0.25, -0.2) is 8.42 Å². The average molecular weight is 283 g/mol. The summed E-state index contributed by atoms with van der Waals surface area (Å²) < 4.78 is 22.5. The molecule has 0 saturated heterocycles. The van der Waals surface area contributed by atoms with Crippen LogP contribution in [0.5, 0.6) is 0 Å². The fourth-order valence-corrected chi connectivity index (χ4v) is 4.02. The molecular formula is C8H11BrO2S2. The first-order chi connectivity index (χ1) is 5.93. The Bertz CT molecular complexity index is 356. The Morgan fingerprint density at radius 2 is 2.15 bits per heavy atom. The first kappa shape index (κ1) is 11.2. The van der Waals surface area contributed by atoms with Gasteiger partial charge in [-0.3, -0.25) is 0 Å². The molecule has 0 saturated carbocycles. The molecule has 0 aromatic carbocycles. The minimum absolute atomic E-state index is 0.0949. The normalized spacial score (nSPS) is 16.8. The van der Waals surface area contributed by atoms with Crippen molar-refractivity contribution in [3.8, 4) is 0 Å². The van der Waals surface area contributed by atoms with Crippen molar-refractivity contribution < 1.29 is 8.42 Å². The van der Waals surface area contributed by atoms with Gasteiger partial charge in [0.25, 0.3) is 0 Å². The molecule has 1 aromatic rings. The lowest BCUT2D eigenvalue weighted by molar-refractivity contribution is 0.589. The van der Waals surface area contributed by atoms with Crippen LogP contribution in [0.1, 0.15) is 16.6 Å². The zero-order chi connectivity index (χ0) is 10.1. The molecule has 1 rings (SSSR count). The van der Waals surface area contributed by atoms with Crippen molar-refractivity contribution >= 4 is 37.1 Å². The lowest BCUT2D eigenvalue weighted by Gasteiger charge is -2.14. The predicted octanol–water partition coefficient (Wildman–Crippen LogP) is 2.62. The van der Waals surface area contributed by atoms with Gasteiger partial charge in [0.15, 0.2) is 9.84 Å². The quantitative estimate of drug-likeness (QED) is 0.799. The van der Waals surface area contributed by atoms with Crippen LogP contribution in [0.2, 0.25) is 0 Å². The van der Waals surface area contributed by atoms with Crippen molar-refractivity contribution in [1.29, 1.82) is 0 Å². The number of hydrogen-bond acceptors (Lipinski definition) is 3. The average Bonchev–Trinajstić information content (AvgIpc) is 2.51. The Morgan fingerprint density at radius 1 is 1.54 bits per heavy atom. The fourth-order valence-electron chi connectivity index (χ4n) is 0.897. The zero-order valence-corrected chi connectivity index (χ0v) is 10.6. The van der Waals surface area contributed by atoms with Gasteiger partial charge < -0.3 is 0 Å². The van der Waals surface area contributed by atoms with E-state index in [1.54, 1.807) is 18.3 Å². The summed E-state index contributed by atoms with van der Waals surface area (Å²) in [6.07, 6.45) is 1.26. The Labute approximate surface area is 91.0 Å². The molecule has 0 N–H and O–H groups in total. The third kappa shape index (κ3) is 2.79. The molecule has 0 spiro atoms. The molecule has 0 fully saturated rings. The predicted molar refractivity (Wildman–Crippen MR) is 60.3 cm³/mol. The molecule has 74 valence electrons. The minimum atomic E-state index is -2.97. The van der Waals surface area contributed by atoms with Crippen molar-refractivity contribution in [3.63, 3.8) is 0 Å². The third-order valence-electron chi connectivity index (χ3n) is 1.90. The molecule has 1 heterocycles. The van der Waals surface area contributed by atoms with Crippen molar-refractivity contribution in [3.05, 3.63) is 22.4 Å². The van der Waals surface area contributed by atoms with Gasteiger partial charge in [-0.05, 0) is 18.4 Å². The number of sulfone groups is 1. The maximum Gasteiger partial charge on any atom is 0.151 e. The third-order valence-corrected chi connectivity index (χ3v) is 6.42. The van der Waals surface area contributed by atoms with Gasteiger partial charge in [0.05, 0.1) is 10.1 Å². The van der Waals surface area contributed by atoms with Crippen molar-refractivity contribution in [2.24, 2.45) is 0 Å². The van der Waals surface area contributed by atoms with E-state index in [9.17, 15) is 8.42 Å². The first-order valence-electron chi connectivity index (χ1n) is 3.79. The number of thiophene rings is 1. The van der Waals surface area contributed by atoms with E-state index in [4.69, 9.17) is 0 Å². The molecule has 5 heteroatoms. The number of alkyl halides is 1. The summed E-state index contributed by atoms with van der Waals surface area (Å²) >= 11 is 4.96. The molecule has 0 bridgehead atoms. The molecule has 2 atom stereocenters. The molecule has 0 aliphatic carbocycles. The minimum Gasteiger partial charge on any atom is -0.229 e. The second-order valence-corrected chi connectivity index (χ2v) is 7.32. The van der Waals surface area contributed by atoms with Crippen LogP contribution in [0, 0.1) is 0 Å². The van der Waals surface area contributed by atoms with Gasteiger partial charge in [-0.1, -0.05) is 22.0 Å². The SMILES string of the molecule is CC(C(Br)c1cccs1)S(C)(=O)=O. The van der Waals surface area contributed by atoms with Gasteiger partial charge in [0.2, 0.25) is 0 Å². The van der Waals surface area contributed by atoms with Crippen molar-refractivity contribution in [1.82, 2.24) is 0 Å². The van der Waals surface area contributed by atoms with E-state index in [-0.39, 0.29) is 10.1 Å². The highest BCUT2D eigenvalue weighted by atomic mass is 79.9. The van der Waals surface area contributed by atoms with Crippen LogP contribution in [0.4, 0.5) is 0 Å². The van der Waals surface area contributed by atoms with Crippen LogP contribution in [0.25, 0.3) is 0 Å². The standard InChI is InChI=1S/C8H11BrO2S2/c1-6(13(2,10)11)8(9)7-4-3-5-12-7/h3-6,8H,1-2H3. The van der Waals surface area contributed by atoms with Crippen LogP contribution >= 0.6 is 27.3 Å². The number of rotatable bonds is 3. The Hall–Kier alpha value is 0.130. The molecule has 0 amide bonds. The fraction of sp³-hybridized carbons (Fsp3) is 0.500. The molecular weight excluding hydrogens is 272 g/mol. The molecule has 1 aromatic heterocycles. The second kappa shape index (κ2) is 4.11. The second-order valence-electron chi connectivity index (χ2n) is 2.95. The highest BCUT2D eigenvalue weighted by molar-refractivity contribution is 9.09. The van der Waals surface area contributed by atoms with E-state index in [1.165, 1.54) is 6.26 Å². The van der Waals surface area contributed by atoms with E-state index < -0.39 is 9.84 Å². The molecule has 2 unspecified atom stereocenters. The van der Waals surface area contributed by atoms with E-state index in [0.717, 1.165) is 4.88 Å². The molecule has 0 aliphatic rings. The highest BCUT2D eigenvalue weighted by Crippen LogP contribution is 2.32. The molecule has 13 heavy (non-hydrogen) atoms. The topological polar surface area (TPSA) is 34.1 Å². The Kier molecular flexibility index (Phi) is 3.54. The monoisotopic (exact) mass is 282 g/mol. The van der Waals surface area contributed by atoms with Gasteiger partial charge in [0.1, 0.15) is 0 Å². The summed E-state index contributed by atoms with van der Waals surface area (Å²) in [5.41, 5.74) is 0. The number of hydrogen-bond donors (Lipinski definition) is 0. The van der Waals surface area contributed by atoms with Crippen LogP contribution in [0.3, 0.4) is 0 Å². The van der Waals surface area contributed by atoms with Crippen LogP contribution in [-0.2, 0) is 9.84 Å². The van der Waals surface area contributed by atoms with E-state index in [0.29, 0.717) is 0 Å². The van der Waals surface area contributed by atoms with Crippen LogP contribution < -0.4 is 0 Å². The van der Waals surface area contributed by atoms with E-state index >= 15 is 0 Å². The van der Waals surface area contributed by atoms with Gasteiger partial charge in [-0.15, -0.1) is 11.3 Å². The summed E-state index contributed by atoms with van der Waals surface area (Å²) in [5, 5.41) is 1.56. The van der Waals surface area contributed by atoms with Crippen LogP contribution in [-0.4, -0.2) is 19.9 Å². The summed E-state index contributed by atoms with van der Waals surface area (Å²) in [5.74, 6) is 0. The Balaban J connectivity index is 2.86. The first-order valence-corrected chi connectivity index (χ1v) is 7.54. The van der Waals surface area contributed by atoms with E-state index in [1.807, 2.05) is 17.5 Å². The van der Waals surface area contributed by atoms with Crippen molar-refractivity contribution in [2.75, 3.05) is 6.26 Å². The number of halogens is 1. The summed E-state index contributed by atoms with van der Waals surface area (Å²) in [6, 6.07) is 3.86. The Morgan fingerprint density at radius 3 is 2.54 bits per heavy atom. The molecule has 0 radical (unpaired) electrons. The molecule has 0 aliphatic heterocycles. The maximum absolute atomic E-state index is 11.2. The van der Waals surface area contributed by atoms with Crippen LogP contribution in [0.15, 0.2) is 17.5 Å². The summed E-state index contributed by atoms with van der Waals surface area (Å²) in [4.78, 5) is 0.959. The van der Waals surface area contributed by atoms with Crippen molar-refractivity contribution in [2.45, 2.75) is 17.0 Å². The highest BCUT2D eigenvalue weighted by Gasteiger charge is 2.25. The smallest absolute Gasteiger partial charge is 0.151 e. The molecule has 2 nitrogen and oxygen atoms in total. The summed E-state index contributed by atoms with van der Waals surface area (Å²) in [6.45, 7) is 1.72. The summed E-state index contributed by atoms with van der Waals surface area (Å²) in [7, 11) is -2.97. The van der Waals surface area contributed by atoms with Gasteiger partial charge in [-0.2, -0.15) is 0 Å². The lowest BCUT2D eigenvalue weighted by atomic mass is 10.3. The largest absolute Gasteiger partial charge is 0.229 e. The van der Waals surface area contributed by atoms with Gasteiger partial charge in [0, 0.05) is 11.1 Å². The van der Waals surface area contributed by atoms with E-state index in [2.05, 4.69) is 15.9 Å². The lowest BCUT2D eigenvalue weighted by Crippen LogP contribution is -2.20.